The lowest BCUT2D eigenvalue weighted by atomic mass is 9.90. The second-order valence-electron chi connectivity index (χ2n) is 5.55. The Kier molecular flexibility index (Phi) is 4.95. The Labute approximate surface area is 127 Å². The quantitative estimate of drug-likeness (QED) is 0.898. The Morgan fingerprint density at radius 2 is 2.09 bits per heavy atom. The zero-order valence-electron chi connectivity index (χ0n) is 12.3. The number of amides is 1. The lowest BCUT2D eigenvalue weighted by Crippen LogP contribution is -2.56. The van der Waals surface area contributed by atoms with E-state index in [1.165, 1.54) is 18.2 Å². The van der Waals surface area contributed by atoms with Gasteiger partial charge in [0, 0.05) is 12.1 Å². The monoisotopic (exact) mass is 316 g/mol. The molecule has 4 nitrogen and oxygen atoms in total. The molecule has 1 atom stereocenters. The van der Waals surface area contributed by atoms with Gasteiger partial charge in [-0.3, -0.25) is 4.79 Å². The smallest absolute Gasteiger partial charge is 0.405 e. The molecule has 0 aliphatic carbocycles. The number of hydrogen-bond donors (Lipinski definition) is 2. The van der Waals surface area contributed by atoms with Crippen molar-refractivity contribution in [2.24, 2.45) is 0 Å². The summed E-state index contributed by atoms with van der Waals surface area (Å²) in [6.07, 6.45) is -2.08. The van der Waals surface area contributed by atoms with E-state index in [4.69, 9.17) is 0 Å². The van der Waals surface area contributed by atoms with Crippen molar-refractivity contribution in [1.82, 2.24) is 10.6 Å². The first-order chi connectivity index (χ1) is 10.3. The van der Waals surface area contributed by atoms with E-state index in [1.54, 1.807) is 13.0 Å². The van der Waals surface area contributed by atoms with Crippen molar-refractivity contribution in [2.45, 2.75) is 44.6 Å². The van der Waals surface area contributed by atoms with Crippen LogP contribution < -0.4 is 15.4 Å². The average Bonchev–Trinajstić information content (AvgIpc) is 2.45. The molecule has 22 heavy (non-hydrogen) atoms. The van der Waals surface area contributed by atoms with E-state index in [1.807, 2.05) is 0 Å². The molecule has 1 aliphatic rings. The number of carbonyl (C=O) groups is 1. The van der Waals surface area contributed by atoms with Crippen LogP contribution in [0.5, 0.6) is 5.75 Å². The molecule has 1 amide bonds. The van der Waals surface area contributed by atoms with Crippen LogP contribution >= 0.6 is 0 Å². The van der Waals surface area contributed by atoms with Crippen LogP contribution in [0.3, 0.4) is 0 Å². The number of piperidine rings is 1. The molecule has 2 rings (SSSR count). The Hall–Kier alpha value is -1.76. The van der Waals surface area contributed by atoms with Crippen LogP contribution in [0.4, 0.5) is 13.2 Å². The molecule has 0 aromatic heterocycles. The predicted molar refractivity (Wildman–Crippen MR) is 75.2 cm³/mol. The van der Waals surface area contributed by atoms with Gasteiger partial charge in [0.1, 0.15) is 5.75 Å². The first-order valence-corrected chi connectivity index (χ1v) is 7.17. The van der Waals surface area contributed by atoms with Crippen LogP contribution in [0.15, 0.2) is 24.3 Å². The third-order valence-electron chi connectivity index (χ3n) is 3.76. The van der Waals surface area contributed by atoms with Gasteiger partial charge in [0.15, 0.2) is 0 Å². The number of hydrogen-bond acceptors (Lipinski definition) is 3. The van der Waals surface area contributed by atoms with Gasteiger partial charge in [-0.05, 0) is 38.8 Å². The normalized spacial score (nSPS) is 22.2. The van der Waals surface area contributed by atoms with Gasteiger partial charge >= 0.3 is 6.36 Å². The van der Waals surface area contributed by atoms with Crippen molar-refractivity contribution in [3.8, 4) is 5.75 Å². The predicted octanol–water partition coefficient (Wildman–Crippen LogP) is 2.73. The maximum absolute atomic E-state index is 12.4. The third-order valence-corrected chi connectivity index (χ3v) is 3.76. The van der Waals surface area contributed by atoms with Crippen LogP contribution in [0.25, 0.3) is 0 Å². The van der Waals surface area contributed by atoms with Gasteiger partial charge in [0.05, 0.1) is 5.54 Å². The first-order valence-electron chi connectivity index (χ1n) is 7.17. The van der Waals surface area contributed by atoms with Crippen LogP contribution in [0.2, 0.25) is 0 Å². The Bertz CT molecular complexity index is 526. The molecule has 2 N–H and O–H groups in total. The van der Waals surface area contributed by atoms with Crippen molar-refractivity contribution in [3.05, 3.63) is 29.8 Å². The van der Waals surface area contributed by atoms with Crippen LogP contribution in [-0.2, 0) is 11.3 Å². The Morgan fingerprint density at radius 3 is 2.73 bits per heavy atom. The lowest BCUT2D eigenvalue weighted by Gasteiger charge is -2.33. The summed E-state index contributed by atoms with van der Waals surface area (Å²) < 4.78 is 41.0. The van der Waals surface area contributed by atoms with Gasteiger partial charge < -0.3 is 15.4 Å². The van der Waals surface area contributed by atoms with Crippen molar-refractivity contribution >= 4 is 5.91 Å². The summed E-state index contributed by atoms with van der Waals surface area (Å²) in [4.78, 5) is 12.3. The van der Waals surface area contributed by atoms with E-state index in [0.29, 0.717) is 6.42 Å². The molecule has 122 valence electrons. The number of ether oxygens (including phenoxy) is 1. The maximum atomic E-state index is 12.4. The zero-order chi connectivity index (χ0) is 16.2. The van der Waals surface area contributed by atoms with Gasteiger partial charge in [0.25, 0.3) is 0 Å². The molecule has 1 fully saturated rings. The van der Waals surface area contributed by atoms with E-state index in [9.17, 15) is 18.0 Å². The second kappa shape index (κ2) is 6.56. The first kappa shape index (κ1) is 16.6. The lowest BCUT2D eigenvalue weighted by molar-refractivity contribution is -0.274. The number of carbonyl (C=O) groups excluding carboxylic acids is 1. The fourth-order valence-electron chi connectivity index (χ4n) is 2.49. The summed E-state index contributed by atoms with van der Waals surface area (Å²) in [5.74, 6) is -0.508. The Morgan fingerprint density at radius 1 is 1.36 bits per heavy atom. The molecule has 1 aliphatic heterocycles. The minimum absolute atomic E-state index is 0.0116. The van der Waals surface area contributed by atoms with Gasteiger partial charge in [-0.15, -0.1) is 13.2 Å². The van der Waals surface area contributed by atoms with E-state index in [2.05, 4.69) is 15.4 Å². The summed E-state index contributed by atoms with van der Waals surface area (Å²) in [5.41, 5.74) is -0.384. The summed E-state index contributed by atoms with van der Waals surface area (Å²) in [6, 6.07) is 5.79. The summed E-state index contributed by atoms with van der Waals surface area (Å²) >= 11 is 0. The molecular formula is C15H19F3N2O2. The van der Waals surface area contributed by atoms with Gasteiger partial charge in [0.2, 0.25) is 5.91 Å². The highest BCUT2D eigenvalue weighted by Crippen LogP contribution is 2.26. The molecule has 0 radical (unpaired) electrons. The maximum Gasteiger partial charge on any atom is 0.573 e. The second-order valence-corrected chi connectivity index (χ2v) is 5.55. The van der Waals surface area contributed by atoms with Crippen LogP contribution in [0.1, 0.15) is 31.7 Å². The highest BCUT2D eigenvalue weighted by molar-refractivity contribution is 5.86. The highest BCUT2D eigenvalue weighted by Gasteiger charge is 2.34. The van der Waals surface area contributed by atoms with E-state index >= 15 is 0 Å². The minimum atomic E-state index is -4.75. The number of rotatable bonds is 4. The van der Waals surface area contributed by atoms with Gasteiger partial charge in [-0.2, -0.15) is 0 Å². The van der Waals surface area contributed by atoms with Crippen LogP contribution in [-0.4, -0.2) is 24.4 Å². The molecule has 0 saturated carbocycles. The number of halogens is 3. The summed E-state index contributed by atoms with van der Waals surface area (Å²) in [7, 11) is 0. The average molecular weight is 316 g/mol. The topological polar surface area (TPSA) is 50.4 Å². The molecule has 0 spiro atoms. The van der Waals surface area contributed by atoms with E-state index in [-0.39, 0.29) is 23.8 Å². The highest BCUT2D eigenvalue weighted by atomic mass is 19.4. The Balaban J connectivity index is 2.01. The van der Waals surface area contributed by atoms with Crippen molar-refractivity contribution in [2.75, 3.05) is 6.54 Å². The molecule has 1 aromatic rings. The largest absolute Gasteiger partial charge is 0.573 e. The van der Waals surface area contributed by atoms with Crippen molar-refractivity contribution < 1.29 is 22.7 Å². The number of nitrogens with one attached hydrogen (secondary N) is 2. The standard InChI is InChI=1S/C15H19F3N2O2/c1-14(8-4-5-9-20-14)13(21)19-10-11-6-2-3-7-12(11)22-15(16,17)18/h2-3,6-7,20H,4-5,8-10H2,1H3,(H,19,21). The minimum Gasteiger partial charge on any atom is -0.405 e. The fraction of sp³-hybridized carbons (Fsp3) is 0.533. The van der Waals surface area contributed by atoms with E-state index in [0.717, 1.165) is 19.4 Å². The summed E-state index contributed by atoms with van der Waals surface area (Å²) in [5, 5.41) is 5.85. The van der Waals surface area contributed by atoms with Gasteiger partial charge in [-0.1, -0.05) is 18.2 Å². The number of benzene rings is 1. The fourth-order valence-corrected chi connectivity index (χ4v) is 2.49. The number of para-hydroxylation sites is 1. The molecule has 1 aromatic carbocycles. The molecule has 1 heterocycles. The van der Waals surface area contributed by atoms with Crippen molar-refractivity contribution in [1.29, 1.82) is 0 Å². The summed E-state index contributed by atoms with van der Waals surface area (Å²) in [6.45, 7) is 2.56. The molecular weight excluding hydrogens is 297 g/mol. The molecule has 1 saturated heterocycles. The molecule has 0 bridgehead atoms. The SMILES string of the molecule is CC1(C(=O)NCc2ccccc2OC(F)(F)F)CCCCN1. The number of alkyl halides is 3. The third kappa shape index (κ3) is 4.37. The van der Waals surface area contributed by atoms with Crippen LogP contribution in [0, 0.1) is 0 Å². The van der Waals surface area contributed by atoms with Gasteiger partial charge in [-0.25, -0.2) is 0 Å². The van der Waals surface area contributed by atoms with E-state index < -0.39 is 11.9 Å². The molecule has 1 unspecified atom stereocenters. The molecule has 7 heteroatoms. The zero-order valence-corrected chi connectivity index (χ0v) is 12.3. The van der Waals surface area contributed by atoms with Crippen molar-refractivity contribution in [3.63, 3.8) is 0 Å².